The minimum Gasteiger partial charge on any atom is -0.461 e. The van der Waals surface area contributed by atoms with Gasteiger partial charge in [0, 0.05) is 32.0 Å². The monoisotopic (exact) mass is 551 g/mol. The van der Waals surface area contributed by atoms with E-state index in [-0.39, 0.29) is 43.9 Å². The van der Waals surface area contributed by atoms with Crippen LogP contribution in [0.2, 0.25) is 0 Å². The molecule has 0 aliphatic heterocycles. The number of rotatable bonds is 15. The Hall–Kier alpha value is -2.19. The van der Waals surface area contributed by atoms with Crippen LogP contribution in [0.5, 0.6) is 0 Å². The fraction of sp³-hybridized carbons (Fsp3) is 0.727. The number of ether oxygens (including phenoxy) is 2. The fourth-order valence-electron chi connectivity index (χ4n) is 3.00. The van der Waals surface area contributed by atoms with Crippen LogP contribution in [0.15, 0.2) is 11.0 Å². The van der Waals surface area contributed by atoms with E-state index in [1.54, 1.807) is 13.8 Å². The number of nitrogens with zero attached hydrogens (tertiary/aromatic N) is 2. The number of aliphatic hydroxyl groups is 3. The third-order valence-corrected chi connectivity index (χ3v) is 8.06. The molecule has 0 radical (unpaired) electrons. The zero-order valence-electron chi connectivity index (χ0n) is 22.0. The molecular weight excluding hydrogens is 513 g/mol. The van der Waals surface area contributed by atoms with Crippen molar-refractivity contribution >= 4 is 25.3 Å². The van der Waals surface area contributed by atoms with Crippen molar-refractivity contribution in [3.05, 3.63) is 22.2 Å². The number of nitrogens with one attached hydrogen (secondary N) is 1. The van der Waals surface area contributed by atoms with E-state index in [4.69, 9.17) is 14.0 Å². The minimum absolute atomic E-state index is 0.00888. The van der Waals surface area contributed by atoms with Crippen LogP contribution in [0.1, 0.15) is 72.6 Å². The van der Waals surface area contributed by atoms with E-state index in [0.717, 1.165) is 4.57 Å². The molecule has 0 aliphatic rings. The highest BCUT2D eigenvalue weighted by Crippen LogP contribution is 2.58. The Morgan fingerprint density at radius 3 is 2.35 bits per heavy atom. The molecule has 0 aromatic carbocycles. The van der Waals surface area contributed by atoms with E-state index in [9.17, 15) is 39.2 Å². The lowest BCUT2D eigenvalue weighted by atomic mass is 10.0. The van der Waals surface area contributed by atoms with Crippen molar-refractivity contribution in [3.8, 4) is 0 Å². The lowest BCUT2D eigenvalue weighted by Gasteiger charge is -2.36. The molecule has 1 rings (SSSR count). The number of esters is 1. The molecule has 1 aromatic heterocycles. The summed E-state index contributed by atoms with van der Waals surface area (Å²) >= 11 is 0. The van der Waals surface area contributed by atoms with Gasteiger partial charge < -0.3 is 39.5 Å². The number of aliphatic hydroxyl groups excluding tert-OH is 2. The van der Waals surface area contributed by atoms with Gasteiger partial charge in [-0.2, -0.15) is 4.98 Å². The Morgan fingerprint density at radius 1 is 1.24 bits per heavy atom. The molecule has 0 aliphatic carbocycles. The molecule has 15 heteroatoms. The van der Waals surface area contributed by atoms with Gasteiger partial charge in [0.25, 0.3) is 0 Å². The molecule has 0 bridgehead atoms. The summed E-state index contributed by atoms with van der Waals surface area (Å²) in [4.78, 5) is 49.6. The van der Waals surface area contributed by atoms with Gasteiger partial charge in [0.1, 0.15) is 18.5 Å². The van der Waals surface area contributed by atoms with Crippen molar-refractivity contribution in [2.45, 2.75) is 90.7 Å². The smallest absolute Gasteiger partial charge is 0.359 e. The summed E-state index contributed by atoms with van der Waals surface area (Å²) in [6.07, 6.45) is -1.65. The maximum Gasteiger partial charge on any atom is 0.359 e. The summed E-state index contributed by atoms with van der Waals surface area (Å²) < 4.78 is 29.6. The number of carbonyl (C=O) groups is 2. The van der Waals surface area contributed by atoms with Gasteiger partial charge in [0.05, 0.1) is 18.8 Å². The van der Waals surface area contributed by atoms with E-state index in [1.807, 2.05) is 0 Å². The van der Waals surface area contributed by atoms with Crippen molar-refractivity contribution in [3.63, 3.8) is 0 Å². The van der Waals surface area contributed by atoms with Crippen molar-refractivity contribution in [1.82, 2.24) is 9.55 Å². The second-order valence-electron chi connectivity index (χ2n) is 9.01. The summed E-state index contributed by atoms with van der Waals surface area (Å²) in [5, 5.41) is 30.6. The van der Waals surface area contributed by atoms with Crippen molar-refractivity contribution in [2.24, 2.45) is 0 Å². The molecular formula is C22H38N3O11P. The predicted molar refractivity (Wildman–Crippen MR) is 131 cm³/mol. The first kappa shape index (κ1) is 32.8. The highest BCUT2D eigenvalue weighted by atomic mass is 31.2. The molecule has 37 heavy (non-hydrogen) atoms. The molecule has 1 amide bonds. The van der Waals surface area contributed by atoms with Gasteiger partial charge in [-0.25, -0.2) is 4.79 Å². The molecule has 1 heterocycles. The highest BCUT2D eigenvalue weighted by molar-refractivity contribution is 7.54. The molecule has 14 nitrogen and oxygen atoms in total. The molecule has 2 unspecified atom stereocenters. The number of amides is 1. The van der Waals surface area contributed by atoms with E-state index >= 15 is 0 Å². The van der Waals surface area contributed by atoms with Gasteiger partial charge >= 0.3 is 19.3 Å². The second kappa shape index (κ2) is 13.6. The summed E-state index contributed by atoms with van der Waals surface area (Å²) in [5.41, 5.74) is -2.05. The summed E-state index contributed by atoms with van der Waals surface area (Å²) in [6.45, 7) is 7.00. The summed E-state index contributed by atoms with van der Waals surface area (Å²) in [6, 6.07) is 0. The molecule has 0 spiro atoms. The second-order valence-corrected chi connectivity index (χ2v) is 11.2. The molecule has 1 aromatic rings. The number of carbonyl (C=O) groups excluding carboxylic acids is 2. The minimum atomic E-state index is -4.46. The van der Waals surface area contributed by atoms with Crippen LogP contribution in [0.3, 0.4) is 0 Å². The zero-order chi connectivity index (χ0) is 28.6. The van der Waals surface area contributed by atoms with Gasteiger partial charge in [0.15, 0.2) is 11.6 Å². The molecule has 5 N–H and O–H groups in total. The molecule has 0 fully saturated rings. The van der Waals surface area contributed by atoms with E-state index in [0.29, 0.717) is 0 Å². The number of aromatic nitrogens is 2. The Balaban J connectivity index is 3.25. The lowest BCUT2D eigenvalue weighted by Crippen LogP contribution is -2.39. The quantitative estimate of drug-likeness (QED) is 0.153. The molecule has 5 atom stereocenters. The van der Waals surface area contributed by atoms with Crippen LogP contribution >= 0.6 is 7.60 Å². The zero-order valence-corrected chi connectivity index (χ0v) is 22.9. The Morgan fingerprint density at radius 2 is 1.86 bits per heavy atom. The number of hydrogen-bond acceptors (Lipinski definition) is 11. The van der Waals surface area contributed by atoms with Crippen LogP contribution < -0.4 is 11.0 Å². The van der Waals surface area contributed by atoms with Crippen LogP contribution in [0.25, 0.3) is 0 Å². The lowest BCUT2D eigenvalue weighted by molar-refractivity contribution is -0.142. The topological polar surface area (TPSA) is 207 Å². The van der Waals surface area contributed by atoms with E-state index in [1.165, 1.54) is 33.9 Å². The number of hydrogen-bond donors (Lipinski definition) is 5. The van der Waals surface area contributed by atoms with E-state index < -0.39 is 55.0 Å². The van der Waals surface area contributed by atoms with Gasteiger partial charge in [-0.1, -0.05) is 13.8 Å². The van der Waals surface area contributed by atoms with Crippen molar-refractivity contribution in [2.75, 3.05) is 18.5 Å². The largest absolute Gasteiger partial charge is 0.461 e. The van der Waals surface area contributed by atoms with Gasteiger partial charge in [0.2, 0.25) is 5.91 Å². The normalized spacial score (nSPS) is 18.1. The van der Waals surface area contributed by atoms with Gasteiger partial charge in [-0.3, -0.25) is 18.7 Å². The SMILES string of the molecule is CCC(C)(O)P(=O)(O)O[C@](C)(CC)CCO[C@H]([C@H](O)CO)n1cc(COC(C)=O)c(NC(C)=O)nc1=O. The first-order valence-corrected chi connectivity index (χ1v) is 13.3. The maximum atomic E-state index is 12.7. The standard InChI is InChI=1S/C22H38N3O11P/c1-7-21(5,36-37(32,33)22(6,31)8-2)9-10-34-19(17(29)12-26)25-11-16(13-35-15(4)28)18(23-14(3)27)24-20(25)30/h11,17,19,26,29,31H,7-10,12-13H2,1-6H3,(H,32,33)(H,23,24,27,30)/t17-,19-,21-,22?/m1/s1. The van der Waals surface area contributed by atoms with Gasteiger partial charge in [-0.05, 0) is 26.7 Å². The third kappa shape index (κ3) is 9.25. The summed E-state index contributed by atoms with van der Waals surface area (Å²) in [5.74, 6) is -1.31. The Labute approximate surface area is 215 Å². The maximum absolute atomic E-state index is 12.7. The predicted octanol–water partition coefficient (Wildman–Crippen LogP) is 1.01. The fourth-order valence-corrected chi connectivity index (χ4v) is 4.41. The first-order valence-electron chi connectivity index (χ1n) is 11.7. The van der Waals surface area contributed by atoms with E-state index in [2.05, 4.69) is 10.3 Å². The van der Waals surface area contributed by atoms with Crippen molar-refractivity contribution < 1.29 is 48.4 Å². The van der Waals surface area contributed by atoms with Crippen LogP contribution in [-0.4, -0.2) is 71.9 Å². The Kier molecular flexibility index (Phi) is 12.0. The molecule has 0 saturated heterocycles. The summed E-state index contributed by atoms with van der Waals surface area (Å²) in [7, 11) is -4.46. The number of anilines is 1. The van der Waals surface area contributed by atoms with Crippen LogP contribution in [-0.2, 0) is 34.8 Å². The highest BCUT2D eigenvalue weighted by Gasteiger charge is 2.46. The molecule has 0 saturated carbocycles. The van der Waals surface area contributed by atoms with Gasteiger partial charge in [-0.15, -0.1) is 0 Å². The molecule has 212 valence electrons. The first-order chi connectivity index (χ1) is 17.0. The van der Waals surface area contributed by atoms with Crippen LogP contribution in [0.4, 0.5) is 5.82 Å². The average Bonchev–Trinajstić information content (AvgIpc) is 2.80. The van der Waals surface area contributed by atoms with Crippen molar-refractivity contribution in [1.29, 1.82) is 0 Å². The third-order valence-electron chi connectivity index (χ3n) is 5.83. The van der Waals surface area contributed by atoms with Crippen LogP contribution in [0, 0.1) is 0 Å². The average molecular weight is 552 g/mol. The Bertz CT molecular complexity index is 1050.